The highest BCUT2D eigenvalue weighted by Gasteiger charge is 2.27. The number of piperazine rings is 1. The molecule has 0 spiro atoms. The second-order valence-corrected chi connectivity index (χ2v) is 7.98. The molecule has 160 valence electrons. The quantitative estimate of drug-likeness (QED) is 0.643. The predicted octanol–water partition coefficient (Wildman–Crippen LogP) is 3.81. The highest BCUT2D eigenvalue weighted by molar-refractivity contribution is 5.82. The van der Waals surface area contributed by atoms with Crippen molar-refractivity contribution < 1.29 is 9.90 Å². The maximum absolute atomic E-state index is 13.2. The molecule has 0 aliphatic carbocycles. The van der Waals surface area contributed by atoms with Crippen molar-refractivity contribution in [1.29, 1.82) is 0 Å². The molecule has 4 rings (SSSR count). The Balaban J connectivity index is 1.41. The molecule has 2 N–H and O–H groups in total. The van der Waals surface area contributed by atoms with Crippen LogP contribution in [0.5, 0.6) is 5.75 Å². The Morgan fingerprint density at radius 3 is 1.84 bits per heavy atom. The van der Waals surface area contributed by atoms with Crippen molar-refractivity contribution in [2.24, 2.45) is 0 Å². The van der Waals surface area contributed by atoms with Crippen LogP contribution in [-0.4, -0.2) is 48.1 Å². The molecule has 1 saturated heterocycles. The molecule has 5 heteroatoms. The molecule has 0 saturated carbocycles. The molecule has 3 aromatic carbocycles. The lowest BCUT2D eigenvalue weighted by Gasteiger charge is -2.39. The van der Waals surface area contributed by atoms with Gasteiger partial charge in [-0.15, -0.1) is 0 Å². The van der Waals surface area contributed by atoms with E-state index in [0.29, 0.717) is 0 Å². The van der Waals surface area contributed by atoms with Crippen LogP contribution >= 0.6 is 0 Å². The number of rotatable bonds is 6. The Kier molecular flexibility index (Phi) is 6.53. The molecule has 1 aliphatic heterocycles. The van der Waals surface area contributed by atoms with Crippen LogP contribution < -0.4 is 10.2 Å². The Morgan fingerprint density at radius 2 is 1.32 bits per heavy atom. The third-order valence-corrected chi connectivity index (χ3v) is 6.01. The summed E-state index contributed by atoms with van der Waals surface area (Å²) >= 11 is 0. The van der Waals surface area contributed by atoms with Gasteiger partial charge >= 0.3 is 0 Å². The maximum atomic E-state index is 13.2. The number of amides is 1. The van der Waals surface area contributed by atoms with E-state index < -0.39 is 0 Å². The second kappa shape index (κ2) is 9.67. The number of carbonyl (C=O) groups is 1. The number of phenolic OH excluding ortho intramolecular Hbond substituents is 1. The van der Waals surface area contributed by atoms with Crippen molar-refractivity contribution in [2.75, 3.05) is 31.1 Å². The number of nitrogens with zero attached hydrogens (tertiary/aromatic N) is 2. The van der Waals surface area contributed by atoms with Gasteiger partial charge in [0.15, 0.2) is 0 Å². The van der Waals surface area contributed by atoms with E-state index in [4.69, 9.17) is 0 Å². The van der Waals surface area contributed by atoms with Gasteiger partial charge in [0.05, 0.1) is 12.1 Å². The summed E-state index contributed by atoms with van der Waals surface area (Å²) in [4.78, 5) is 17.7. The molecule has 1 amide bonds. The number of carbonyl (C=O) groups excluding carboxylic acids is 1. The summed E-state index contributed by atoms with van der Waals surface area (Å²) in [6.07, 6.45) is 0. The van der Waals surface area contributed by atoms with Gasteiger partial charge in [0.1, 0.15) is 5.75 Å². The Bertz CT molecular complexity index is 929. The number of anilines is 1. The van der Waals surface area contributed by atoms with Gasteiger partial charge in [0.25, 0.3) is 0 Å². The fourth-order valence-corrected chi connectivity index (χ4v) is 4.11. The van der Waals surface area contributed by atoms with Gasteiger partial charge in [-0.2, -0.15) is 0 Å². The Hall–Kier alpha value is -3.31. The third-order valence-electron chi connectivity index (χ3n) is 6.01. The number of phenols is 1. The van der Waals surface area contributed by atoms with Crippen LogP contribution in [0.3, 0.4) is 0 Å². The number of hydrogen-bond donors (Lipinski definition) is 2. The van der Waals surface area contributed by atoms with Crippen LogP contribution in [0.2, 0.25) is 0 Å². The molecule has 1 heterocycles. The molecular formula is C26H29N3O2. The van der Waals surface area contributed by atoms with Crippen LogP contribution in [0.15, 0.2) is 84.9 Å². The van der Waals surface area contributed by atoms with E-state index >= 15 is 0 Å². The van der Waals surface area contributed by atoms with E-state index in [1.807, 2.05) is 55.5 Å². The molecule has 31 heavy (non-hydrogen) atoms. The molecule has 1 fully saturated rings. The normalized spacial score (nSPS) is 15.6. The monoisotopic (exact) mass is 415 g/mol. The van der Waals surface area contributed by atoms with Crippen LogP contribution in [0, 0.1) is 0 Å². The van der Waals surface area contributed by atoms with Crippen molar-refractivity contribution in [2.45, 2.75) is 19.0 Å². The fraction of sp³-hybridized carbons (Fsp3) is 0.269. The molecule has 5 nitrogen and oxygen atoms in total. The van der Waals surface area contributed by atoms with E-state index in [1.54, 1.807) is 12.1 Å². The molecule has 1 aliphatic rings. The minimum Gasteiger partial charge on any atom is -0.508 e. The van der Waals surface area contributed by atoms with E-state index in [1.165, 1.54) is 0 Å². The zero-order valence-electron chi connectivity index (χ0n) is 17.8. The summed E-state index contributed by atoms with van der Waals surface area (Å²) in [7, 11) is 0. The highest BCUT2D eigenvalue weighted by atomic mass is 16.3. The molecule has 1 unspecified atom stereocenters. The van der Waals surface area contributed by atoms with Gasteiger partial charge in [-0.25, -0.2) is 0 Å². The first-order chi connectivity index (χ1) is 15.1. The minimum absolute atomic E-state index is 0.0378. The van der Waals surface area contributed by atoms with Crippen molar-refractivity contribution in [3.05, 3.63) is 96.1 Å². The van der Waals surface area contributed by atoms with Crippen LogP contribution in [0.4, 0.5) is 5.69 Å². The van der Waals surface area contributed by atoms with Crippen molar-refractivity contribution in [3.63, 3.8) is 0 Å². The Labute approximate surface area is 183 Å². The van der Waals surface area contributed by atoms with Crippen molar-refractivity contribution in [3.8, 4) is 5.75 Å². The number of nitrogens with one attached hydrogen (secondary N) is 1. The first-order valence-corrected chi connectivity index (χ1v) is 10.8. The topological polar surface area (TPSA) is 55.8 Å². The molecule has 0 aromatic heterocycles. The van der Waals surface area contributed by atoms with Crippen LogP contribution in [-0.2, 0) is 4.79 Å². The smallest absolute Gasteiger partial charge is 0.237 e. The standard InChI is InChI=1S/C26H29N3O2/c1-20(28-16-18-29(19-17-28)23-12-14-24(30)15-13-23)26(31)27-25(21-8-4-2-5-9-21)22-10-6-3-7-11-22/h2-15,20,25,30H,16-19H2,1H3,(H,27,31). The van der Waals surface area contributed by atoms with Gasteiger partial charge in [-0.3, -0.25) is 9.69 Å². The fourth-order valence-electron chi connectivity index (χ4n) is 4.11. The lowest BCUT2D eigenvalue weighted by Crippen LogP contribution is -2.54. The van der Waals surface area contributed by atoms with E-state index in [2.05, 4.69) is 39.4 Å². The average Bonchev–Trinajstić information content (AvgIpc) is 2.83. The van der Waals surface area contributed by atoms with E-state index in [0.717, 1.165) is 43.0 Å². The van der Waals surface area contributed by atoms with E-state index in [9.17, 15) is 9.90 Å². The van der Waals surface area contributed by atoms with E-state index in [-0.39, 0.29) is 23.7 Å². The lowest BCUT2D eigenvalue weighted by atomic mass is 9.98. The summed E-state index contributed by atoms with van der Waals surface area (Å²) in [6, 6.07) is 27.1. The zero-order chi connectivity index (χ0) is 21.6. The van der Waals surface area contributed by atoms with Crippen LogP contribution in [0.25, 0.3) is 0 Å². The lowest BCUT2D eigenvalue weighted by molar-refractivity contribution is -0.126. The first kappa shape index (κ1) is 20.9. The summed E-state index contributed by atoms with van der Waals surface area (Å²) < 4.78 is 0. The minimum atomic E-state index is -0.211. The number of aromatic hydroxyl groups is 1. The van der Waals surface area contributed by atoms with Gasteiger partial charge in [0, 0.05) is 31.9 Å². The summed E-state index contributed by atoms with van der Waals surface area (Å²) in [5.74, 6) is 0.315. The second-order valence-electron chi connectivity index (χ2n) is 7.98. The molecule has 3 aromatic rings. The molecular weight excluding hydrogens is 386 g/mol. The van der Waals surface area contributed by atoms with Gasteiger partial charge < -0.3 is 15.3 Å². The van der Waals surface area contributed by atoms with Crippen molar-refractivity contribution >= 4 is 11.6 Å². The van der Waals surface area contributed by atoms with Crippen LogP contribution in [0.1, 0.15) is 24.1 Å². The summed E-state index contributed by atoms with van der Waals surface area (Å²) in [5.41, 5.74) is 3.25. The van der Waals surface area contributed by atoms with Crippen molar-refractivity contribution in [1.82, 2.24) is 10.2 Å². The molecule has 0 bridgehead atoms. The van der Waals surface area contributed by atoms with Gasteiger partial charge in [0.2, 0.25) is 5.91 Å². The highest BCUT2D eigenvalue weighted by Crippen LogP contribution is 2.23. The third kappa shape index (κ3) is 5.06. The SMILES string of the molecule is CC(C(=O)NC(c1ccccc1)c1ccccc1)N1CCN(c2ccc(O)cc2)CC1. The van der Waals surface area contributed by atoms with Gasteiger partial charge in [-0.05, 0) is 42.3 Å². The number of hydrogen-bond acceptors (Lipinski definition) is 4. The summed E-state index contributed by atoms with van der Waals surface area (Å²) in [5, 5.41) is 12.8. The summed E-state index contributed by atoms with van der Waals surface area (Å²) in [6.45, 7) is 5.32. The Morgan fingerprint density at radius 1 is 0.806 bits per heavy atom. The predicted molar refractivity (Wildman–Crippen MR) is 124 cm³/mol. The zero-order valence-corrected chi connectivity index (χ0v) is 17.8. The molecule has 0 radical (unpaired) electrons. The first-order valence-electron chi connectivity index (χ1n) is 10.8. The number of benzene rings is 3. The molecule has 1 atom stereocenters. The maximum Gasteiger partial charge on any atom is 0.237 e. The largest absolute Gasteiger partial charge is 0.508 e. The average molecular weight is 416 g/mol. The van der Waals surface area contributed by atoms with Gasteiger partial charge in [-0.1, -0.05) is 60.7 Å².